The Morgan fingerprint density at radius 3 is 2.47 bits per heavy atom. The molecule has 0 saturated heterocycles. The number of aliphatic carboxylic acids is 1. The number of carboxylic acid groups (broad SMARTS) is 1. The molecule has 1 rings (SSSR count). The molecule has 82 valence electrons. The van der Waals surface area contributed by atoms with Crippen molar-refractivity contribution >= 4 is 37.8 Å². The van der Waals surface area contributed by atoms with Crippen molar-refractivity contribution in [1.82, 2.24) is 0 Å². The van der Waals surface area contributed by atoms with Gasteiger partial charge in [-0.25, -0.2) is 4.79 Å². The third-order valence-electron chi connectivity index (χ3n) is 1.77. The number of halogens is 2. The van der Waals surface area contributed by atoms with Gasteiger partial charge in [-0.15, -0.1) is 0 Å². The fraction of sp³-hybridized carbons (Fsp3) is 0.300. The molecule has 0 saturated carbocycles. The third kappa shape index (κ3) is 3.21. The molecule has 1 N–H and O–H groups in total. The standard InChI is InChI=1S/C10H10Br2O3/c1-10(2,9(13)14)15-8-4-3-6(11)5-7(8)12/h3-5H,1-2H3,(H,13,14). The van der Waals surface area contributed by atoms with Crippen molar-refractivity contribution < 1.29 is 14.6 Å². The Kier molecular flexibility index (Phi) is 3.78. The van der Waals surface area contributed by atoms with Gasteiger partial charge in [0.15, 0.2) is 5.60 Å². The highest BCUT2D eigenvalue weighted by Crippen LogP contribution is 2.30. The normalized spacial score (nSPS) is 11.2. The molecule has 0 bridgehead atoms. The topological polar surface area (TPSA) is 46.5 Å². The van der Waals surface area contributed by atoms with Crippen LogP contribution >= 0.6 is 31.9 Å². The van der Waals surface area contributed by atoms with Crippen LogP contribution in [-0.4, -0.2) is 16.7 Å². The van der Waals surface area contributed by atoms with Gasteiger partial charge in [0.2, 0.25) is 0 Å². The van der Waals surface area contributed by atoms with E-state index in [1.807, 2.05) is 0 Å². The maximum absolute atomic E-state index is 10.9. The maximum atomic E-state index is 10.9. The zero-order valence-corrected chi connectivity index (χ0v) is 11.4. The molecule has 0 unspecified atom stereocenters. The Morgan fingerprint density at radius 2 is 2.00 bits per heavy atom. The largest absolute Gasteiger partial charge is 0.478 e. The van der Waals surface area contributed by atoms with Gasteiger partial charge in [0.05, 0.1) is 4.47 Å². The fourth-order valence-electron chi connectivity index (χ4n) is 0.877. The minimum Gasteiger partial charge on any atom is -0.478 e. The summed E-state index contributed by atoms with van der Waals surface area (Å²) in [6.07, 6.45) is 0. The van der Waals surface area contributed by atoms with E-state index in [0.717, 1.165) is 4.47 Å². The minimum atomic E-state index is -1.24. The summed E-state index contributed by atoms with van der Waals surface area (Å²) in [5.41, 5.74) is -1.24. The van der Waals surface area contributed by atoms with E-state index in [0.29, 0.717) is 10.2 Å². The summed E-state index contributed by atoms with van der Waals surface area (Å²) in [7, 11) is 0. The van der Waals surface area contributed by atoms with E-state index < -0.39 is 11.6 Å². The molecule has 0 amide bonds. The lowest BCUT2D eigenvalue weighted by molar-refractivity contribution is -0.152. The van der Waals surface area contributed by atoms with Gasteiger partial charge in [0.25, 0.3) is 0 Å². The summed E-state index contributed by atoms with van der Waals surface area (Å²) < 4.78 is 6.99. The molecule has 15 heavy (non-hydrogen) atoms. The fourth-order valence-corrected chi connectivity index (χ4v) is 2.00. The predicted octanol–water partition coefficient (Wildman–Crippen LogP) is 3.45. The number of hydrogen-bond donors (Lipinski definition) is 1. The Balaban J connectivity index is 2.95. The maximum Gasteiger partial charge on any atom is 0.347 e. The first-order chi connectivity index (χ1) is 6.83. The highest BCUT2D eigenvalue weighted by atomic mass is 79.9. The first kappa shape index (κ1) is 12.5. The molecule has 0 aliphatic carbocycles. The summed E-state index contributed by atoms with van der Waals surface area (Å²) in [5.74, 6) is -0.497. The molecule has 0 radical (unpaired) electrons. The van der Waals surface area contributed by atoms with Crippen LogP contribution in [0.1, 0.15) is 13.8 Å². The van der Waals surface area contributed by atoms with Gasteiger partial charge in [-0.3, -0.25) is 0 Å². The Labute approximate surface area is 105 Å². The van der Waals surface area contributed by atoms with Crippen LogP contribution in [0.15, 0.2) is 27.1 Å². The van der Waals surface area contributed by atoms with E-state index >= 15 is 0 Å². The zero-order valence-electron chi connectivity index (χ0n) is 8.25. The van der Waals surface area contributed by atoms with Crippen LogP contribution in [0.4, 0.5) is 0 Å². The number of ether oxygens (including phenoxy) is 1. The molecule has 3 nitrogen and oxygen atoms in total. The predicted molar refractivity (Wildman–Crippen MR) is 64.2 cm³/mol. The Bertz CT molecular complexity index is 388. The van der Waals surface area contributed by atoms with Gasteiger partial charge >= 0.3 is 5.97 Å². The SMILES string of the molecule is CC(C)(Oc1ccc(Br)cc1Br)C(=O)O. The van der Waals surface area contributed by atoms with E-state index in [1.54, 1.807) is 18.2 Å². The molecule has 1 aromatic rings. The van der Waals surface area contributed by atoms with Crippen molar-refractivity contribution in [1.29, 1.82) is 0 Å². The number of benzene rings is 1. The van der Waals surface area contributed by atoms with E-state index in [-0.39, 0.29) is 0 Å². The molecule has 0 atom stereocenters. The average molecular weight is 338 g/mol. The molecular weight excluding hydrogens is 328 g/mol. The van der Waals surface area contributed by atoms with Crippen LogP contribution in [0.25, 0.3) is 0 Å². The lowest BCUT2D eigenvalue weighted by Crippen LogP contribution is -2.37. The number of rotatable bonds is 3. The molecular formula is C10H10Br2O3. The summed E-state index contributed by atoms with van der Waals surface area (Å²) in [6.45, 7) is 3.01. The summed E-state index contributed by atoms with van der Waals surface area (Å²) in [6, 6.07) is 5.30. The second-order valence-corrected chi connectivity index (χ2v) is 5.26. The average Bonchev–Trinajstić information content (AvgIpc) is 2.09. The molecule has 0 spiro atoms. The Morgan fingerprint density at radius 1 is 1.40 bits per heavy atom. The van der Waals surface area contributed by atoms with Gasteiger partial charge in [0.1, 0.15) is 5.75 Å². The molecule has 5 heteroatoms. The van der Waals surface area contributed by atoms with Crippen LogP contribution in [0.5, 0.6) is 5.75 Å². The highest BCUT2D eigenvalue weighted by Gasteiger charge is 2.29. The van der Waals surface area contributed by atoms with Crippen molar-refractivity contribution in [3.8, 4) is 5.75 Å². The second kappa shape index (κ2) is 4.53. The van der Waals surface area contributed by atoms with Crippen LogP contribution in [-0.2, 0) is 4.79 Å². The first-order valence-corrected chi connectivity index (χ1v) is 5.79. The van der Waals surface area contributed by atoms with Crippen molar-refractivity contribution in [3.63, 3.8) is 0 Å². The van der Waals surface area contributed by atoms with Gasteiger partial charge in [-0.05, 0) is 48.0 Å². The molecule has 0 fully saturated rings. The highest BCUT2D eigenvalue weighted by molar-refractivity contribution is 9.11. The van der Waals surface area contributed by atoms with Crippen LogP contribution in [0.3, 0.4) is 0 Å². The minimum absolute atomic E-state index is 0.505. The summed E-state index contributed by atoms with van der Waals surface area (Å²) >= 11 is 6.60. The van der Waals surface area contributed by atoms with E-state index in [9.17, 15) is 4.79 Å². The lowest BCUT2D eigenvalue weighted by Gasteiger charge is -2.22. The molecule has 1 aromatic carbocycles. The van der Waals surface area contributed by atoms with Crippen molar-refractivity contribution in [2.24, 2.45) is 0 Å². The number of carbonyl (C=O) groups is 1. The van der Waals surface area contributed by atoms with E-state index in [4.69, 9.17) is 9.84 Å². The Hall–Kier alpha value is -0.550. The van der Waals surface area contributed by atoms with Gasteiger partial charge in [-0.1, -0.05) is 15.9 Å². The lowest BCUT2D eigenvalue weighted by atomic mass is 10.1. The molecule has 0 heterocycles. The van der Waals surface area contributed by atoms with Gasteiger partial charge in [-0.2, -0.15) is 0 Å². The van der Waals surface area contributed by atoms with Crippen molar-refractivity contribution in [3.05, 3.63) is 27.1 Å². The number of hydrogen-bond acceptors (Lipinski definition) is 2. The first-order valence-electron chi connectivity index (χ1n) is 4.20. The third-order valence-corrected chi connectivity index (χ3v) is 2.89. The van der Waals surface area contributed by atoms with Crippen LogP contribution in [0, 0.1) is 0 Å². The quantitative estimate of drug-likeness (QED) is 0.918. The van der Waals surface area contributed by atoms with Gasteiger partial charge < -0.3 is 9.84 Å². The second-order valence-electron chi connectivity index (χ2n) is 3.49. The van der Waals surface area contributed by atoms with Crippen molar-refractivity contribution in [2.75, 3.05) is 0 Å². The monoisotopic (exact) mass is 336 g/mol. The molecule has 0 aromatic heterocycles. The van der Waals surface area contributed by atoms with Crippen molar-refractivity contribution in [2.45, 2.75) is 19.4 Å². The van der Waals surface area contributed by atoms with E-state index in [1.165, 1.54) is 13.8 Å². The van der Waals surface area contributed by atoms with Gasteiger partial charge in [0, 0.05) is 4.47 Å². The molecule has 0 aliphatic rings. The summed E-state index contributed by atoms with van der Waals surface area (Å²) in [4.78, 5) is 10.9. The van der Waals surface area contributed by atoms with E-state index in [2.05, 4.69) is 31.9 Å². The zero-order chi connectivity index (χ0) is 11.6. The van der Waals surface area contributed by atoms with Crippen LogP contribution < -0.4 is 4.74 Å². The smallest absolute Gasteiger partial charge is 0.347 e. The summed E-state index contributed by atoms with van der Waals surface area (Å²) in [5, 5.41) is 8.90. The molecule has 0 aliphatic heterocycles. The number of carboxylic acids is 1. The van der Waals surface area contributed by atoms with Crippen LogP contribution in [0.2, 0.25) is 0 Å².